The highest BCUT2D eigenvalue weighted by molar-refractivity contribution is 5.89. The predicted octanol–water partition coefficient (Wildman–Crippen LogP) is 2.74. The van der Waals surface area contributed by atoms with Crippen LogP contribution in [0.4, 0.5) is 4.79 Å². The first-order valence-corrected chi connectivity index (χ1v) is 7.39. The second-order valence-corrected chi connectivity index (χ2v) is 4.91. The molecule has 0 spiro atoms. The Bertz CT molecular complexity index is 739. The Morgan fingerprint density at radius 1 is 1.00 bits per heavy atom. The summed E-state index contributed by atoms with van der Waals surface area (Å²) in [6, 6.07) is 14.2. The van der Waals surface area contributed by atoms with Crippen LogP contribution in [0.3, 0.4) is 0 Å². The number of carbonyl (C=O) groups is 2. The average molecular weight is 342 g/mol. The molecule has 0 atom stereocenters. The van der Waals surface area contributed by atoms with Gasteiger partial charge in [0, 0.05) is 0 Å². The van der Waals surface area contributed by atoms with Crippen molar-refractivity contribution in [3.05, 3.63) is 65.2 Å². The van der Waals surface area contributed by atoms with Crippen LogP contribution in [0.1, 0.15) is 21.5 Å². The van der Waals surface area contributed by atoms with E-state index in [-0.39, 0.29) is 5.97 Å². The minimum absolute atomic E-state index is 0.369. The SMILES string of the molecule is COC(=O)N/N=C/c1ccc(OCc2ccc(C(=O)OC)cc2)cc1. The van der Waals surface area contributed by atoms with Crippen molar-refractivity contribution in [1.29, 1.82) is 0 Å². The van der Waals surface area contributed by atoms with E-state index in [9.17, 15) is 9.59 Å². The molecule has 25 heavy (non-hydrogen) atoms. The Labute approximate surface area is 145 Å². The van der Waals surface area contributed by atoms with E-state index in [0.717, 1.165) is 11.1 Å². The number of benzene rings is 2. The van der Waals surface area contributed by atoms with Gasteiger partial charge in [-0.1, -0.05) is 12.1 Å². The summed E-state index contributed by atoms with van der Waals surface area (Å²) >= 11 is 0. The second-order valence-electron chi connectivity index (χ2n) is 4.91. The van der Waals surface area contributed by atoms with E-state index < -0.39 is 6.09 Å². The Morgan fingerprint density at radius 3 is 2.28 bits per heavy atom. The molecule has 0 aliphatic carbocycles. The first-order valence-electron chi connectivity index (χ1n) is 7.39. The standard InChI is InChI=1S/C18H18N2O5/c1-23-17(21)15-7-3-14(4-8-15)12-25-16-9-5-13(6-10-16)11-19-20-18(22)24-2/h3-11H,12H2,1-2H3,(H,20,22)/b19-11+. The highest BCUT2D eigenvalue weighted by Crippen LogP contribution is 2.14. The molecule has 0 fully saturated rings. The van der Waals surface area contributed by atoms with Gasteiger partial charge in [-0.15, -0.1) is 0 Å². The summed E-state index contributed by atoms with van der Waals surface area (Å²) in [5.41, 5.74) is 4.43. The number of hydrogen-bond donors (Lipinski definition) is 1. The van der Waals surface area contributed by atoms with Gasteiger partial charge in [0.2, 0.25) is 0 Å². The number of esters is 1. The number of nitrogens with zero attached hydrogens (tertiary/aromatic N) is 1. The summed E-state index contributed by atoms with van der Waals surface area (Å²) in [4.78, 5) is 22.2. The molecular formula is C18H18N2O5. The van der Waals surface area contributed by atoms with Gasteiger partial charge in [0.05, 0.1) is 26.0 Å². The Morgan fingerprint density at radius 2 is 1.68 bits per heavy atom. The second kappa shape index (κ2) is 9.07. The lowest BCUT2D eigenvalue weighted by Crippen LogP contribution is -2.16. The van der Waals surface area contributed by atoms with Crippen LogP contribution in [-0.2, 0) is 16.1 Å². The maximum Gasteiger partial charge on any atom is 0.427 e. The molecule has 7 heteroatoms. The maximum atomic E-state index is 11.4. The summed E-state index contributed by atoms with van der Waals surface area (Å²) in [6.07, 6.45) is 0.862. The molecule has 1 N–H and O–H groups in total. The molecule has 2 aromatic carbocycles. The van der Waals surface area contributed by atoms with E-state index >= 15 is 0 Å². The van der Waals surface area contributed by atoms with E-state index in [4.69, 9.17) is 4.74 Å². The molecule has 1 amide bonds. The molecule has 0 aromatic heterocycles. The average Bonchev–Trinajstić information content (AvgIpc) is 2.67. The van der Waals surface area contributed by atoms with Crippen LogP contribution >= 0.6 is 0 Å². The van der Waals surface area contributed by atoms with Crippen molar-refractivity contribution in [2.75, 3.05) is 14.2 Å². The first kappa shape index (κ1) is 18.0. The van der Waals surface area contributed by atoms with Crippen molar-refractivity contribution in [2.24, 2.45) is 5.10 Å². The molecule has 7 nitrogen and oxygen atoms in total. The third-order valence-electron chi connectivity index (χ3n) is 3.22. The van der Waals surface area contributed by atoms with Crippen LogP contribution in [0.2, 0.25) is 0 Å². The van der Waals surface area contributed by atoms with E-state index in [2.05, 4.69) is 20.0 Å². The zero-order valence-electron chi connectivity index (χ0n) is 13.9. The van der Waals surface area contributed by atoms with Crippen LogP contribution < -0.4 is 10.2 Å². The van der Waals surface area contributed by atoms with Crippen molar-refractivity contribution < 1.29 is 23.8 Å². The molecular weight excluding hydrogens is 324 g/mol. The molecule has 2 rings (SSSR count). The van der Waals surface area contributed by atoms with Gasteiger partial charge in [-0.2, -0.15) is 5.10 Å². The molecule has 0 unspecified atom stereocenters. The van der Waals surface area contributed by atoms with Gasteiger partial charge < -0.3 is 14.2 Å². The molecule has 130 valence electrons. The highest BCUT2D eigenvalue weighted by atomic mass is 16.5. The first-order chi connectivity index (χ1) is 12.1. The number of amides is 1. The zero-order chi connectivity index (χ0) is 18.1. The number of nitrogens with one attached hydrogen (secondary N) is 1. The lowest BCUT2D eigenvalue weighted by molar-refractivity contribution is 0.0600. The number of hydrogen-bond acceptors (Lipinski definition) is 6. The number of methoxy groups -OCH3 is 2. The van der Waals surface area contributed by atoms with Gasteiger partial charge in [0.15, 0.2) is 0 Å². The summed E-state index contributed by atoms with van der Waals surface area (Å²) in [5.74, 6) is 0.321. The van der Waals surface area contributed by atoms with Gasteiger partial charge in [-0.25, -0.2) is 15.0 Å². The fourth-order valence-corrected chi connectivity index (χ4v) is 1.88. The fraction of sp³-hybridized carbons (Fsp3) is 0.167. The molecule has 0 saturated heterocycles. The normalized spacial score (nSPS) is 10.3. The molecule has 0 bridgehead atoms. The van der Waals surface area contributed by atoms with Crippen LogP contribution in [-0.4, -0.2) is 32.5 Å². The van der Waals surface area contributed by atoms with Crippen molar-refractivity contribution in [3.8, 4) is 5.75 Å². The fourth-order valence-electron chi connectivity index (χ4n) is 1.88. The van der Waals surface area contributed by atoms with Crippen LogP contribution in [0.15, 0.2) is 53.6 Å². The minimum Gasteiger partial charge on any atom is -0.489 e. The van der Waals surface area contributed by atoms with Crippen LogP contribution in [0, 0.1) is 0 Å². The summed E-state index contributed by atoms with van der Waals surface area (Å²) in [6.45, 7) is 0.374. The molecule has 0 aliphatic rings. The van der Waals surface area contributed by atoms with Crippen molar-refractivity contribution in [1.82, 2.24) is 5.43 Å². The topological polar surface area (TPSA) is 86.2 Å². The van der Waals surface area contributed by atoms with Gasteiger partial charge in [0.1, 0.15) is 12.4 Å². The van der Waals surface area contributed by atoms with Crippen LogP contribution in [0.5, 0.6) is 5.75 Å². The van der Waals surface area contributed by atoms with Crippen molar-refractivity contribution in [3.63, 3.8) is 0 Å². The Hall–Kier alpha value is -3.35. The molecule has 2 aromatic rings. The van der Waals surface area contributed by atoms with Gasteiger partial charge in [0.25, 0.3) is 0 Å². The van der Waals surface area contributed by atoms with Crippen molar-refractivity contribution >= 4 is 18.3 Å². The van der Waals surface area contributed by atoms with Gasteiger partial charge in [-0.3, -0.25) is 0 Å². The van der Waals surface area contributed by atoms with E-state index in [0.29, 0.717) is 17.9 Å². The predicted molar refractivity (Wildman–Crippen MR) is 91.7 cm³/mol. The maximum absolute atomic E-state index is 11.4. The number of carbonyl (C=O) groups excluding carboxylic acids is 2. The lowest BCUT2D eigenvalue weighted by Gasteiger charge is -2.07. The number of ether oxygens (including phenoxy) is 3. The van der Waals surface area contributed by atoms with Crippen LogP contribution in [0.25, 0.3) is 0 Å². The lowest BCUT2D eigenvalue weighted by atomic mass is 10.1. The summed E-state index contributed by atoms with van der Waals surface area (Å²) in [7, 11) is 2.61. The van der Waals surface area contributed by atoms with Gasteiger partial charge >= 0.3 is 12.1 Å². The molecule has 0 heterocycles. The largest absolute Gasteiger partial charge is 0.489 e. The zero-order valence-corrected chi connectivity index (χ0v) is 13.9. The minimum atomic E-state index is -0.630. The quantitative estimate of drug-likeness (QED) is 0.495. The third kappa shape index (κ3) is 5.65. The summed E-state index contributed by atoms with van der Waals surface area (Å²) in [5, 5.41) is 3.74. The molecule has 0 saturated carbocycles. The monoisotopic (exact) mass is 342 g/mol. The Kier molecular flexibility index (Phi) is 6.53. The van der Waals surface area contributed by atoms with E-state index in [1.54, 1.807) is 36.4 Å². The summed E-state index contributed by atoms with van der Waals surface area (Å²) < 4.78 is 14.7. The van der Waals surface area contributed by atoms with E-state index in [1.165, 1.54) is 20.4 Å². The number of rotatable bonds is 6. The van der Waals surface area contributed by atoms with Gasteiger partial charge in [-0.05, 0) is 47.5 Å². The van der Waals surface area contributed by atoms with E-state index in [1.807, 2.05) is 12.1 Å². The van der Waals surface area contributed by atoms with Crippen molar-refractivity contribution in [2.45, 2.75) is 6.61 Å². The number of hydrazone groups is 1. The smallest absolute Gasteiger partial charge is 0.427 e. The molecule has 0 radical (unpaired) electrons. The highest BCUT2D eigenvalue weighted by Gasteiger charge is 2.04. The Balaban J connectivity index is 1.87. The third-order valence-corrected chi connectivity index (χ3v) is 3.22. The molecule has 0 aliphatic heterocycles.